The van der Waals surface area contributed by atoms with Gasteiger partial charge in [-0.3, -0.25) is 5.32 Å². The van der Waals surface area contributed by atoms with Crippen LogP contribution in [-0.4, -0.2) is 11.7 Å². The van der Waals surface area contributed by atoms with E-state index in [1.54, 1.807) is 18.2 Å². The van der Waals surface area contributed by atoms with Gasteiger partial charge in [-0.25, -0.2) is 4.79 Å². The van der Waals surface area contributed by atoms with Crippen molar-refractivity contribution >= 4 is 17.7 Å². The molecule has 20 heavy (non-hydrogen) atoms. The first-order valence-electron chi connectivity index (χ1n) is 6.28. The summed E-state index contributed by atoms with van der Waals surface area (Å²) < 4.78 is 10.2. The zero-order valence-electron chi connectivity index (χ0n) is 11.8. The van der Waals surface area contributed by atoms with E-state index in [1.165, 1.54) is 6.26 Å². The Morgan fingerprint density at radius 1 is 1.20 bits per heavy atom. The molecule has 1 heterocycles. The van der Waals surface area contributed by atoms with E-state index >= 15 is 0 Å². The summed E-state index contributed by atoms with van der Waals surface area (Å²) in [5.41, 5.74) is 7.59. The van der Waals surface area contributed by atoms with Gasteiger partial charge < -0.3 is 14.9 Å². The molecule has 1 aromatic heterocycles. The fourth-order valence-corrected chi connectivity index (χ4v) is 1.71. The van der Waals surface area contributed by atoms with Crippen LogP contribution in [0.2, 0.25) is 0 Å². The van der Waals surface area contributed by atoms with Gasteiger partial charge in [0.05, 0.1) is 6.26 Å². The third-order valence-corrected chi connectivity index (χ3v) is 2.54. The number of nitrogens with one attached hydrogen (secondary N) is 1. The average Bonchev–Trinajstić information content (AvgIpc) is 2.74. The number of nitrogen functional groups attached to an aromatic ring is 1. The Kier molecular flexibility index (Phi) is 3.70. The summed E-state index contributed by atoms with van der Waals surface area (Å²) >= 11 is 0. The van der Waals surface area contributed by atoms with Crippen molar-refractivity contribution in [1.29, 1.82) is 0 Å². The maximum atomic E-state index is 11.6. The maximum Gasteiger partial charge on any atom is 0.412 e. The lowest BCUT2D eigenvalue weighted by Gasteiger charge is -2.19. The largest absolute Gasteiger partial charge is 0.449 e. The fourth-order valence-electron chi connectivity index (χ4n) is 1.71. The summed E-state index contributed by atoms with van der Waals surface area (Å²) in [7, 11) is 0. The Bertz CT molecular complexity index is 594. The Morgan fingerprint density at radius 2 is 1.85 bits per heavy atom. The fraction of sp³-hybridized carbons (Fsp3) is 0.267. The molecule has 0 unspecified atom stereocenters. The zero-order valence-corrected chi connectivity index (χ0v) is 11.8. The van der Waals surface area contributed by atoms with E-state index in [4.69, 9.17) is 14.9 Å². The highest BCUT2D eigenvalue weighted by Gasteiger charge is 2.16. The molecule has 0 aliphatic heterocycles. The second-order valence-corrected chi connectivity index (χ2v) is 5.40. The second kappa shape index (κ2) is 5.28. The number of benzene rings is 1. The van der Waals surface area contributed by atoms with Crippen LogP contribution in [0.5, 0.6) is 0 Å². The van der Waals surface area contributed by atoms with Gasteiger partial charge in [0, 0.05) is 11.3 Å². The molecule has 0 fully saturated rings. The number of nitrogens with two attached hydrogens (primary N) is 1. The predicted molar refractivity (Wildman–Crippen MR) is 78.4 cm³/mol. The van der Waals surface area contributed by atoms with Gasteiger partial charge in [0.2, 0.25) is 0 Å². The van der Waals surface area contributed by atoms with Gasteiger partial charge in [-0.2, -0.15) is 0 Å². The van der Waals surface area contributed by atoms with E-state index in [2.05, 4.69) is 5.32 Å². The molecular formula is C15H18N2O3. The summed E-state index contributed by atoms with van der Waals surface area (Å²) in [5, 5.41) is 2.67. The van der Waals surface area contributed by atoms with E-state index in [1.807, 2.05) is 32.9 Å². The van der Waals surface area contributed by atoms with Crippen molar-refractivity contribution in [3.63, 3.8) is 0 Å². The van der Waals surface area contributed by atoms with Crippen molar-refractivity contribution in [2.45, 2.75) is 26.4 Å². The molecule has 1 amide bonds. The standard InChI is InChI=1S/C15H18N2O3/c1-15(2,3)20-14(18)17-11-6-4-10(5-7-11)12-8-9-19-13(12)16/h4-9H,16H2,1-3H3,(H,17,18). The number of carbonyl (C=O) groups is 1. The van der Waals surface area contributed by atoms with Crippen LogP contribution in [0.3, 0.4) is 0 Å². The molecule has 0 atom stereocenters. The van der Waals surface area contributed by atoms with Gasteiger partial charge in [0.1, 0.15) is 5.60 Å². The van der Waals surface area contributed by atoms with Crippen LogP contribution < -0.4 is 11.1 Å². The summed E-state index contributed by atoms with van der Waals surface area (Å²) in [4.78, 5) is 11.6. The van der Waals surface area contributed by atoms with E-state index in [-0.39, 0.29) is 0 Å². The summed E-state index contributed by atoms with van der Waals surface area (Å²) in [6, 6.07) is 9.07. The van der Waals surface area contributed by atoms with Gasteiger partial charge in [0.25, 0.3) is 0 Å². The SMILES string of the molecule is CC(C)(C)OC(=O)Nc1ccc(-c2ccoc2N)cc1. The second-order valence-electron chi connectivity index (χ2n) is 5.40. The summed E-state index contributed by atoms with van der Waals surface area (Å²) in [6.45, 7) is 5.45. The molecule has 0 aliphatic carbocycles. The molecule has 0 saturated heterocycles. The van der Waals surface area contributed by atoms with Crippen molar-refractivity contribution in [2.75, 3.05) is 11.1 Å². The third kappa shape index (κ3) is 3.54. The van der Waals surface area contributed by atoms with Gasteiger partial charge in [0.15, 0.2) is 5.88 Å². The lowest BCUT2D eigenvalue weighted by Crippen LogP contribution is -2.27. The van der Waals surface area contributed by atoms with Crippen molar-refractivity contribution in [3.05, 3.63) is 36.6 Å². The number of amides is 1. The maximum absolute atomic E-state index is 11.6. The number of carbonyl (C=O) groups excluding carboxylic acids is 1. The van der Waals surface area contributed by atoms with Crippen LogP contribution in [0, 0.1) is 0 Å². The van der Waals surface area contributed by atoms with Gasteiger partial charge in [-0.05, 0) is 44.5 Å². The zero-order chi connectivity index (χ0) is 14.8. The van der Waals surface area contributed by atoms with Gasteiger partial charge in [-0.1, -0.05) is 12.1 Å². The molecule has 0 spiro atoms. The minimum Gasteiger partial charge on any atom is -0.449 e. The minimum atomic E-state index is -0.519. The predicted octanol–water partition coefficient (Wildman–Crippen LogP) is 3.88. The first-order valence-corrected chi connectivity index (χ1v) is 6.28. The first-order chi connectivity index (χ1) is 9.35. The Balaban J connectivity index is 2.06. The minimum absolute atomic E-state index is 0.373. The van der Waals surface area contributed by atoms with Crippen LogP contribution in [0.4, 0.5) is 16.4 Å². The highest BCUT2D eigenvalue weighted by molar-refractivity contribution is 5.85. The monoisotopic (exact) mass is 274 g/mol. The average molecular weight is 274 g/mol. The Hall–Kier alpha value is -2.43. The van der Waals surface area contributed by atoms with Gasteiger partial charge in [-0.15, -0.1) is 0 Å². The molecule has 1 aromatic carbocycles. The molecule has 106 valence electrons. The van der Waals surface area contributed by atoms with Crippen molar-refractivity contribution in [1.82, 2.24) is 0 Å². The number of hydrogen-bond acceptors (Lipinski definition) is 4. The van der Waals surface area contributed by atoms with E-state index in [0.29, 0.717) is 11.6 Å². The highest BCUT2D eigenvalue weighted by Crippen LogP contribution is 2.27. The van der Waals surface area contributed by atoms with Crippen molar-refractivity contribution < 1.29 is 13.9 Å². The smallest absolute Gasteiger partial charge is 0.412 e. The van der Waals surface area contributed by atoms with Crippen LogP contribution in [0.15, 0.2) is 41.0 Å². The Morgan fingerprint density at radius 3 is 2.35 bits per heavy atom. The molecule has 3 N–H and O–H groups in total. The van der Waals surface area contributed by atoms with Crippen LogP contribution in [0.25, 0.3) is 11.1 Å². The number of anilines is 2. The van der Waals surface area contributed by atoms with Crippen molar-refractivity contribution in [2.24, 2.45) is 0 Å². The van der Waals surface area contributed by atoms with Gasteiger partial charge >= 0.3 is 6.09 Å². The number of furan rings is 1. The van der Waals surface area contributed by atoms with E-state index in [9.17, 15) is 4.79 Å². The summed E-state index contributed by atoms with van der Waals surface area (Å²) in [5.74, 6) is 0.373. The Labute approximate surface area is 117 Å². The third-order valence-electron chi connectivity index (χ3n) is 2.54. The van der Waals surface area contributed by atoms with Crippen molar-refractivity contribution in [3.8, 4) is 11.1 Å². The molecule has 5 nitrogen and oxygen atoms in total. The highest BCUT2D eigenvalue weighted by atomic mass is 16.6. The van der Waals surface area contributed by atoms with Crippen LogP contribution in [-0.2, 0) is 4.74 Å². The summed E-state index contributed by atoms with van der Waals surface area (Å²) in [6.07, 6.45) is 1.06. The van der Waals surface area contributed by atoms with Crippen LogP contribution >= 0.6 is 0 Å². The molecule has 2 aromatic rings. The molecule has 0 saturated carbocycles. The molecular weight excluding hydrogens is 256 g/mol. The molecule has 0 bridgehead atoms. The lowest BCUT2D eigenvalue weighted by atomic mass is 10.1. The molecule has 0 aliphatic rings. The van der Waals surface area contributed by atoms with E-state index < -0.39 is 11.7 Å². The topological polar surface area (TPSA) is 77.5 Å². The molecule has 2 rings (SSSR count). The normalized spacial score (nSPS) is 11.2. The quantitative estimate of drug-likeness (QED) is 0.871. The molecule has 5 heteroatoms. The first kappa shape index (κ1) is 14.0. The van der Waals surface area contributed by atoms with Crippen LogP contribution in [0.1, 0.15) is 20.8 Å². The number of hydrogen-bond donors (Lipinski definition) is 2. The van der Waals surface area contributed by atoms with E-state index in [0.717, 1.165) is 11.1 Å². The number of rotatable bonds is 2. The molecule has 0 radical (unpaired) electrons. The lowest BCUT2D eigenvalue weighted by molar-refractivity contribution is 0.0636. The number of ether oxygens (including phenoxy) is 1.